The quantitative estimate of drug-likeness (QED) is 0.617. The van der Waals surface area contributed by atoms with E-state index in [1.165, 1.54) is 25.0 Å². The molecular formula is C21H24N4O6. The van der Waals surface area contributed by atoms with Crippen LogP contribution < -0.4 is 20.7 Å². The summed E-state index contributed by atoms with van der Waals surface area (Å²) >= 11 is 0. The van der Waals surface area contributed by atoms with Crippen molar-refractivity contribution in [2.45, 2.75) is 6.54 Å². The zero-order valence-electron chi connectivity index (χ0n) is 17.4. The van der Waals surface area contributed by atoms with Gasteiger partial charge in [-0.05, 0) is 18.2 Å². The van der Waals surface area contributed by atoms with E-state index in [0.717, 1.165) is 0 Å². The van der Waals surface area contributed by atoms with E-state index in [2.05, 4.69) is 9.88 Å². The van der Waals surface area contributed by atoms with Gasteiger partial charge in [0, 0.05) is 45.3 Å². The molecule has 164 valence electrons. The largest absolute Gasteiger partial charge is 0.493 e. The predicted octanol–water partition coefficient (Wildman–Crippen LogP) is 0.758. The molecule has 4 rings (SSSR count). The molecule has 10 nitrogen and oxygen atoms in total. The van der Waals surface area contributed by atoms with E-state index in [1.54, 1.807) is 29.2 Å². The SMILES string of the molecule is COc1cc2[nH]c(=O)n(CCN3CCN(C(=O)c4ccco4)CC3)c(=O)c2cc1OC. The number of amides is 1. The lowest BCUT2D eigenvalue weighted by Gasteiger charge is -2.34. The molecule has 1 aromatic carbocycles. The summed E-state index contributed by atoms with van der Waals surface area (Å²) in [5, 5.41) is 0.353. The molecule has 31 heavy (non-hydrogen) atoms. The lowest BCUT2D eigenvalue weighted by Crippen LogP contribution is -2.50. The van der Waals surface area contributed by atoms with Crippen LogP contribution in [-0.2, 0) is 6.54 Å². The smallest absolute Gasteiger partial charge is 0.328 e. The Kier molecular flexibility index (Phi) is 5.81. The number of benzene rings is 1. The summed E-state index contributed by atoms with van der Waals surface area (Å²) in [6.45, 7) is 3.17. The molecule has 1 amide bonds. The first kappa shape index (κ1) is 20.7. The third-order valence-corrected chi connectivity index (χ3v) is 5.52. The summed E-state index contributed by atoms with van der Waals surface area (Å²) < 4.78 is 16.9. The summed E-state index contributed by atoms with van der Waals surface area (Å²) in [5.41, 5.74) is -0.461. The molecule has 0 saturated carbocycles. The monoisotopic (exact) mass is 428 g/mol. The minimum Gasteiger partial charge on any atom is -0.493 e. The van der Waals surface area contributed by atoms with Gasteiger partial charge in [-0.25, -0.2) is 4.79 Å². The summed E-state index contributed by atoms with van der Waals surface area (Å²) in [7, 11) is 2.98. The van der Waals surface area contributed by atoms with Crippen molar-refractivity contribution in [2.75, 3.05) is 46.9 Å². The van der Waals surface area contributed by atoms with Gasteiger partial charge >= 0.3 is 5.69 Å². The summed E-state index contributed by atoms with van der Waals surface area (Å²) in [4.78, 5) is 44.4. The number of hydrogen-bond donors (Lipinski definition) is 1. The molecule has 0 radical (unpaired) electrons. The minimum absolute atomic E-state index is 0.129. The van der Waals surface area contributed by atoms with E-state index in [9.17, 15) is 14.4 Å². The fraction of sp³-hybridized carbons (Fsp3) is 0.381. The standard InChI is InChI=1S/C21H24N4O6/c1-29-17-12-14-15(13-18(17)30-2)22-21(28)25(19(14)26)10-7-23-5-8-24(9-6-23)20(27)16-4-3-11-31-16/h3-4,11-13H,5-10H2,1-2H3,(H,22,28). The molecular weight excluding hydrogens is 404 g/mol. The summed E-state index contributed by atoms with van der Waals surface area (Å²) in [6.07, 6.45) is 1.48. The van der Waals surface area contributed by atoms with E-state index >= 15 is 0 Å². The molecule has 1 aliphatic rings. The minimum atomic E-state index is -0.476. The number of H-pyrrole nitrogens is 1. The zero-order chi connectivity index (χ0) is 22.0. The number of piperazine rings is 1. The van der Waals surface area contributed by atoms with Crippen molar-refractivity contribution in [1.82, 2.24) is 19.4 Å². The van der Waals surface area contributed by atoms with Gasteiger partial charge in [-0.15, -0.1) is 0 Å². The van der Waals surface area contributed by atoms with Crippen LogP contribution in [0.5, 0.6) is 11.5 Å². The number of methoxy groups -OCH3 is 2. The lowest BCUT2D eigenvalue weighted by atomic mass is 10.2. The topological polar surface area (TPSA) is 110 Å². The Morgan fingerprint density at radius 3 is 2.42 bits per heavy atom. The Hall–Kier alpha value is -3.53. The second-order valence-electron chi connectivity index (χ2n) is 7.25. The van der Waals surface area contributed by atoms with Crippen LogP contribution in [0.3, 0.4) is 0 Å². The van der Waals surface area contributed by atoms with E-state index in [-0.39, 0.29) is 18.0 Å². The van der Waals surface area contributed by atoms with Gasteiger partial charge in [0.1, 0.15) is 0 Å². The molecule has 0 spiro atoms. The van der Waals surface area contributed by atoms with Crippen molar-refractivity contribution < 1.29 is 18.7 Å². The summed E-state index contributed by atoms with van der Waals surface area (Å²) in [5.74, 6) is 1.05. The lowest BCUT2D eigenvalue weighted by molar-refractivity contribution is 0.0602. The number of furan rings is 1. The van der Waals surface area contributed by atoms with Crippen molar-refractivity contribution in [3.05, 3.63) is 57.1 Å². The van der Waals surface area contributed by atoms with Crippen LogP contribution in [-0.4, -0.2) is 72.2 Å². The Balaban J connectivity index is 1.45. The van der Waals surface area contributed by atoms with Gasteiger partial charge in [0.25, 0.3) is 11.5 Å². The highest BCUT2D eigenvalue weighted by molar-refractivity contribution is 5.91. The molecule has 0 atom stereocenters. The van der Waals surface area contributed by atoms with Crippen LogP contribution >= 0.6 is 0 Å². The van der Waals surface area contributed by atoms with Crippen LogP contribution in [0.2, 0.25) is 0 Å². The average Bonchev–Trinajstić information content (AvgIpc) is 3.33. The second kappa shape index (κ2) is 8.68. The molecule has 10 heteroatoms. The molecule has 3 aromatic rings. The first-order valence-corrected chi connectivity index (χ1v) is 9.96. The number of fused-ring (bicyclic) bond motifs is 1. The van der Waals surface area contributed by atoms with Crippen LogP contribution in [0.4, 0.5) is 0 Å². The van der Waals surface area contributed by atoms with Crippen molar-refractivity contribution >= 4 is 16.8 Å². The highest BCUT2D eigenvalue weighted by atomic mass is 16.5. The number of nitrogens with one attached hydrogen (secondary N) is 1. The number of aromatic amines is 1. The summed E-state index contributed by atoms with van der Waals surface area (Å²) in [6, 6.07) is 6.49. The number of ether oxygens (including phenoxy) is 2. The number of aromatic nitrogens is 2. The van der Waals surface area contributed by atoms with Gasteiger partial charge in [-0.2, -0.15) is 0 Å². The maximum Gasteiger partial charge on any atom is 0.328 e. The molecule has 1 aliphatic heterocycles. The first-order chi connectivity index (χ1) is 15.0. The molecule has 0 unspecified atom stereocenters. The maximum atomic E-state index is 12.9. The van der Waals surface area contributed by atoms with Gasteiger partial charge in [-0.3, -0.25) is 19.1 Å². The first-order valence-electron chi connectivity index (χ1n) is 9.96. The molecule has 0 bridgehead atoms. The van der Waals surface area contributed by atoms with Crippen molar-refractivity contribution in [3.63, 3.8) is 0 Å². The molecule has 2 aromatic heterocycles. The number of rotatable bonds is 6. The predicted molar refractivity (Wildman–Crippen MR) is 113 cm³/mol. The number of carbonyl (C=O) groups is 1. The van der Waals surface area contributed by atoms with E-state index in [1.807, 2.05) is 0 Å². The number of hydrogen-bond acceptors (Lipinski definition) is 7. The highest BCUT2D eigenvalue weighted by Crippen LogP contribution is 2.29. The van der Waals surface area contributed by atoms with Crippen LogP contribution in [0, 0.1) is 0 Å². The Morgan fingerprint density at radius 2 is 1.77 bits per heavy atom. The maximum absolute atomic E-state index is 12.9. The Bertz CT molecular complexity index is 1190. The van der Waals surface area contributed by atoms with Crippen LogP contribution in [0.15, 0.2) is 44.5 Å². The van der Waals surface area contributed by atoms with E-state index in [0.29, 0.717) is 60.9 Å². The van der Waals surface area contributed by atoms with Crippen LogP contribution in [0.1, 0.15) is 10.6 Å². The molecule has 1 N–H and O–H groups in total. The Morgan fingerprint density at radius 1 is 1.06 bits per heavy atom. The third-order valence-electron chi connectivity index (χ3n) is 5.52. The molecule has 3 heterocycles. The van der Waals surface area contributed by atoms with E-state index < -0.39 is 5.69 Å². The van der Waals surface area contributed by atoms with Gasteiger partial charge in [-0.1, -0.05) is 0 Å². The zero-order valence-corrected chi connectivity index (χ0v) is 17.4. The van der Waals surface area contributed by atoms with Crippen molar-refractivity contribution in [1.29, 1.82) is 0 Å². The number of nitrogens with zero attached hydrogens (tertiary/aromatic N) is 3. The third kappa shape index (κ3) is 4.06. The van der Waals surface area contributed by atoms with Crippen LogP contribution in [0.25, 0.3) is 10.9 Å². The van der Waals surface area contributed by atoms with E-state index in [4.69, 9.17) is 13.9 Å². The molecule has 0 aliphatic carbocycles. The van der Waals surface area contributed by atoms with Gasteiger partial charge < -0.3 is 23.8 Å². The van der Waals surface area contributed by atoms with Gasteiger partial charge in [0.15, 0.2) is 17.3 Å². The number of carbonyl (C=O) groups excluding carboxylic acids is 1. The fourth-order valence-electron chi connectivity index (χ4n) is 3.75. The normalized spacial score (nSPS) is 14.7. The van der Waals surface area contributed by atoms with Gasteiger partial charge in [0.05, 0.1) is 31.4 Å². The molecule has 1 fully saturated rings. The average molecular weight is 428 g/mol. The Labute approximate surface area is 177 Å². The van der Waals surface area contributed by atoms with Crippen molar-refractivity contribution in [3.8, 4) is 11.5 Å². The highest BCUT2D eigenvalue weighted by Gasteiger charge is 2.23. The van der Waals surface area contributed by atoms with Crippen molar-refractivity contribution in [2.24, 2.45) is 0 Å². The second-order valence-corrected chi connectivity index (χ2v) is 7.25. The fourth-order valence-corrected chi connectivity index (χ4v) is 3.75. The van der Waals surface area contributed by atoms with Gasteiger partial charge in [0.2, 0.25) is 0 Å². The molecule has 1 saturated heterocycles.